The summed E-state index contributed by atoms with van der Waals surface area (Å²) in [5.74, 6) is 0.0282. The molecule has 1 atom stereocenters. The number of aliphatic hydroxyl groups is 1. The van der Waals surface area contributed by atoms with E-state index in [2.05, 4.69) is 5.16 Å². The monoisotopic (exact) mass is 272 g/mol. The van der Waals surface area contributed by atoms with Crippen LogP contribution in [0.5, 0.6) is 0 Å². The van der Waals surface area contributed by atoms with Gasteiger partial charge in [0, 0.05) is 18.2 Å². The van der Waals surface area contributed by atoms with Crippen molar-refractivity contribution in [3.8, 4) is 11.3 Å². The second-order valence-electron chi connectivity index (χ2n) is 4.92. The summed E-state index contributed by atoms with van der Waals surface area (Å²) in [4.78, 5) is 14.0. The van der Waals surface area contributed by atoms with E-state index in [0.29, 0.717) is 12.2 Å². The van der Waals surface area contributed by atoms with Crippen LogP contribution in [0.25, 0.3) is 11.3 Å². The van der Waals surface area contributed by atoms with Crippen LogP contribution >= 0.6 is 0 Å². The van der Waals surface area contributed by atoms with Crippen LogP contribution in [0.2, 0.25) is 0 Å². The smallest absolute Gasteiger partial charge is 0.292 e. The second-order valence-corrected chi connectivity index (χ2v) is 4.92. The summed E-state index contributed by atoms with van der Waals surface area (Å²) >= 11 is 0. The minimum Gasteiger partial charge on any atom is -0.394 e. The number of hydrogen-bond donors (Lipinski definition) is 1. The van der Waals surface area contributed by atoms with Gasteiger partial charge in [0.15, 0.2) is 0 Å². The molecule has 1 aromatic heterocycles. The van der Waals surface area contributed by atoms with Crippen molar-refractivity contribution in [3.63, 3.8) is 0 Å². The third-order valence-corrected chi connectivity index (χ3v) is 3.64. The van der Waals surface area contributed by atoms with E-state index in [1.807, 2.05) is 30.3 Å². The second kappa shape index (κ2) is 5.46. The first-order valence-corrected chi connectivity index (χ1v) is 6.73. The first-order valence-electron chi connectivity index (χ1n) is 6.73. The molecule has 1 N–H and O–H groups in total. The molecule has 1 fully saturated rings. The van der Waals surface area contributed by atoms with Gasteiger partial charge in [0.1, 0.15) is 5.69 Å². The summed E-state index contributed by atoms with van der Waals surface area (Å²) in [5, 5.41) is 13.2. The summed E-state index contributed by atoms with van der Waals surface area (Å²) in [7, 11) is 0. The van der Waals surface area contributed by atoms with Crippen LogP contribution in [0.4, 0.5) is 0 Å². The summed E-state index contributed by atoms with van der Waals surface area (Å²) in [5.41, 5.74) is 1.56. The van der Waals surface area contributed by atoms with Gasteiger partial charge in [0.25, 0.3) is 5.91 Å². The van der Waals surface area contributed by atoms with E-state index in [0.717, 1.165) is 18.4 Å². The van der Waals surface area contributed by atoms with E-state index in [1.165, 1.54) is 0 Å². The Balaban J connectivity index is 1.82. The van der Waals surface area contributed by atoms with Gasteiger partial charge >= 0.3 is 0 Å². The predicted molar refractivity (Wildman–Crippen MR) is 73.1 cm³/mol. The van der Waals surface area contributed by atoms with Gasteiger partial charge in [-0.1, -0.05) is 35.5 Å². The number of benzene rings is 1. The van der Waals surface area contributed by atoms with Crippen molar-refractivity contribution in [3.05, 3.63) is 42.2 Å². The molecule has 0 radical (unpaired) electrons. The molecule has 5 heteroatoms. The number of aromatic nitrogens is 1. The van der Waals surface area contributed by atoms with Gasteiger partial charge in [-0.05, 0) is 12.8 Å². The fourth-order valence-corrected chi connectivity index (χ4v) is 2.56. The minimum atomic E-state index is -0.198. The molecule has 2 aromatic rings. The van der Waals surface area contributed by atoms with Crippen molar-refractivity contribution < 1.29 is 14.4 Å². The third kappa shape index (κ3) is 2.32. The highest BCUT2D eigenvalue weighted by atomic mass is 16.5. The zero-order chi connectivity index (χ0) is 13.9. The highest BCUT2D eigenvalue weighted by Gasteiger charge is 2.31. The lowest BCUT2D eigenvalue weighted by Gasteiger charge is -2.21. The van der Waals surface area contributed by atoms with Crippen LogP contribution in [0.15, 0.2) is 40.9 Å². The topological polar surface area (TPSA) is 66.6 Å². The molecule has 0 unspecified atom stereocenters. The standard InChI is InChI=1S/C15H16N2O3/c18-10-12-7-4-8-17(12)15(19)14-9-13(16-20-14)11-5-2-1-3-6-11/h1-3,5-6,9,12,18H,4,7-8,10H2/t12-/m0/s1. The quantitative estimate of drug-likeness (QED) is 0.927. The molecular formula is C15H16N2O3. The SMILES string of the molecule is O=C(c1cc(-c2ccccc2)no1)N1CCC[C@H]1CO. The van der Waals surface area contributed by atoms with Crippen molar-refractivity contribution in [1.82, 2.24) is 10.1 Å². The predicted octanol–water partition coefficient (Wildman–Crippen LogP) is 1.94. The molecule has 0 saturated carbocycles. The third-order valence-electron chi connectivity index (χ3n) is 3.64. The Bertz CT molecular complexity index is 594. The van der Waals surface area contributed by atoms with Crippen LogP contribution < -0.4 is 0 Å². The van der Waals surface area contributed by atoms with Crippen molar-refractivity contribution in [2.24, 2.45) is 0 Å². The van der Waals surface area contributed by atoms with E-state index in [4.69, 9.17) is 4.52 Å². The van der Waals surface area contributed by atoms with E-state index in [1.54, 1.807) is 11.0 Å². The van der Waals surface area contributed by atoms with Gasteiger partial charge in [0.05, 0.1) is 12.6 Å². The molecule has 3 rings (SSSR count). The Morgan fingerprint density at radius 3 is 2.95 bits per heavy atom. The molecule has 1 saturated heterocycles. The molecule has 0 spiro atoms. The van der Waals surface area contributed by atoms with Crippen LogP contribution in [0.3, 0.4) is 0 Å². The largest absolute Gasteiger partial charge is 0.394 e. The summed E-state index contributed by atoms with van der Waals surface area (Å²) in [6.07, 6.45) is 1.75. The van der Waals surface area contributed by atoms with E-state index in [-0.39, 0.29) is 24.3 Å². The van der Waals surface area contributed by atoms with Crippen molar-refractivity contribution >= 4 is 5.91 Å². The number of carbonyl (C=O) groups is 1. The van der Waals surface area contributed by atoms with E-state index < -0.39 is 0 Å². The first kappa shape index (κ1) is 12.9. The summed E-state index contributed by atoms with van der Waals surface area (Å²) in [6.45, 7) is 0.650. The number of aliphatic hydroxyl groups excluding tert-OH is 1. The number of amides is 1. The fraction of sp³-hybridized carbons (Fsp3) is 0.333. The lowest BCUT2D eigenvalue weighted by atomic mass is 10.1. The molecule has 1 aliphatic heterocycles. The fourth-order valence-electron chi connectivity index (χ4n) is 2.56. The Morgan fingerprint density at radius 2 is 2.20 bits per heavy atom. The Kier molecular flexibility index (Phi) is 3.52. The van der Waals surface area contributed by atoms with Gasteiger partial charge < -0.3 is 14.5 Å². The van der Waals surface area contributed by atoms with Crippen LogP contribution in [0, 0.1) is 0 Å². The number of hydrogen-bond acceptors (Lipinski definition) is 4. The molecule has 20 heavy (non-hydrogen) atoms. The zero-order valence-corrected chi connectivity index (χ0v) is 11.0. The highest BCUT2D eigenvalue weighted by molar-refractivity contribution is 5.92. The Labute approximate surface area is 116 Å². The lowest BCUT2D eigenvalue weighted by Crippen LogP contribution is -2.37. The number of likely N-dealkylation sites (tertiary alicyclic amines) is 1. The van der Waals surface area contributed by atoms with Crippen molar-refractivity contribution in [2.75, 3.05) is 13.2 Å². The van der Waals surface area contributed by atoms with Crippen LogP contribution in [0.1, 0.15) is 23.4 Å². The number of nitrogens with zero attached hydrogens (tertiary/aromatic N) is 2. The van der Waals surface area contributed by atoms with Gasteiger partial charge in [0.2, 0.25) is 5.76 Å². The van der Waals surface area contributed by atoms with E-state index >= 15 is 0 Å². The normalized spacial score (nSPS) is 18.4. The average molecular weight is 272 g/mol. The molecule has 5 nitrogen and oxygen atoms in total. The molecule has 104 valence electrons. The van der Waals surface area contributed by atoms with Gasteiger partial charge in [-0.2, -0.15) is 0 Å². The summed E-state index contributed by atoms with van der Waals surface area (Å²) in [6, 6.07) is 11.1. The van der Waals surface area contributed by atoms with Gasteiger partial charge in [-0.15, -0.1) is 0 Å². The molecule has 0 bridgehead atoms. The molecule has 2 heterocycles. The molecule has 1 aliphatic rings. The molecule has 1 aromatic carbocycles. The molecule has 1 amide bonds. The van der Waals surface area contributed by atoms with E-state index in [9.17, 15) is 9.90 Å². The van der Waals surface area contributed by atoms with Crippen LogP contribution in [-0.4, -0.2) is 40.3 Å². The molecular weight excluding hydrogens is 256 g/mol. The number of carbonyl (C=O) groups excluding carboxylic acids is 1. The van der Waals surface area contributed by atoms with Crippen molar-refractivity contribution in [2.45, 2.75) is 18.9 Å². The zero-order valence-electron chi connectivity index (χ0n) is 11.0. The summed E-state index contributed by atoms with van der Waals surface area (Å²) < 4.78 is 5.16. The Morgan fingerprint density at radius 1 is 1.40 bits per heavy atom. The average Bonchev–Trinajstić information content (AvgIpc) is 3.16. The highest BCUT2D eigenvalue weighted by Crippen LogP contribution is 2.23. The maximum Gasteiger partial charge on any atom is 0.292 e. The lowest BCUT2D eigenvalue weighted by molar-refractivity contribution is 0.0636. The van der Waals surface area contributed by atoms with Crippen molar-refractivity contribution in [1.29, 1.82) is 0 Å². The Hall–Kier alpha value is -2.14. The van der Waals surface area contributed by atoms with Gasteiger partial charge in [-0.25, -0.2) is 0 Å². The minimum absolute atomic E-state index is 0.00851. The maximum atomic E-state index is 12.3. The maximum absolute atomic E-state index is 12.3. The van der Waals surface area contributed by atoms with Crippen LogP contribution in [-0.2, 0) is 0 Å². The molecule has 0 aliphatic carbocycles. The number of rotatable bonds is 3. The van der Waals surface area contributed by atoms with Gasteiger partial charge in [-0.3, -0.25) is 4.79 Å². The first-order chi connectivity index (χ1) is 9.79.